The lowest BCUT2D eigenvalue weighted by Gasteiger charge is -2.22. The van der Waals surface area contributed by atoms with E-state index in [0.29, 0.717) is 18.3 Å². The molecule has 1 aromatic heterocycles. The van der Waals surface area contributed by atoms with Gasteiger partial charge in [-0.15, -0.1) is 12.4 Å². The average Bonchev–Trinajstić information content (AvgIpc) is 3.13. The SMILES string of the molecule is Cc1ccc(OC(C)CNC(=O)c2ccn(C3CCCNC3)n2)cc1.Cl. The molecule has 1 aliphatic rings. The Balaban J connectivity index is 0.00000243. The van der Waals surface area contributed by atoms with Crippen LogP contribution in [-0.4, -0.2) is 41.4 Å². The molecule has 3 rings (SSSR count). The van der Waals surface area contributed by atoms with Crippen LogP contribution in [-0.2, 0) is 0 Å². The lowest BCUT2D eigenvalue weighted by Crippen LogP contribution is -2.34. The van der Waals surface area contributed by atoms with Crippen LogP contribution in [0.3, 0.4) is 0 Å². The Hall–Kier alpha value is -2.05. The van der Waals surface area contributed by atoms with E-state index in [1.165, 1.54) is 5.56 Å². The minimum absolute atomic E-state index is 0. The number of nitrogens with one attached hydrogen (secondary N) is 2. The quantitative estimate of drug-likeness (QED) is 0.811. The summed E-state index contributed by atoms with van der Waals surface area (Å²) in [6.07, 6.45) is 4.01. The van der Waals surface area contributed by atoms with E-state index >= 15 is 0 Å². The first-order valence-corrected chi connectivity index (χ1v) is 8.89. The number of halogens is 1. The maximum absolute atomic E-state index is 12.3. The Labute approximate surface area is 160 Å². The molecule has 0 radical (unpaired) electrons. The molecule has 1 aromatic carbocycles. The predicted octanol–water partition coefficient (Wildman–Crippen LogP) is 2.74. The highest BCUT2D eigenvalue weighted by Crippen LogP contribution is 2.16. The topological polar surface area (TPSA) is 68.2 Å². The summed E-state index contributed by atoms with van der Waals surface area (Å²) in [6, 6.07) is 10.00. The monoisotopic (exact) mass is 378 g/mol. The van der Waals surface area contributed by atoms with E-state index in [0.717, 1.165) is 31.7 Å². The standard InChI is InChI=1S/C19H26N4O2.ClH/c1-14-5-7-17(8-6-14)25-15(2)12-21-19(24)18-9-11-23(22-18)16-4-3-10-20-13-16;/h5-9,11,15-16,20H,3-4,10,12-13H2,1-2H3,(H,21,24);1H. The number of hydrogen-bond donors (Lipinski definition) is 2. The molecule has 2 atom stereocenters. The van der Waals surface area contributed by atoms with Crippen molar-refractivity contribution in [2.24, 2.45) is 0 Å². The number of nitrogens with zero attached hydrogens (tertiary/aromatic N) is 2. The summed E-state index contributed by atoms with van der Waals surface area (Å²) in [6.45, 7) is 6.38. The normalized spacial score (nSPS) is 17.8. The summed E-state index contributed by atoms with van der Waals surface area (Å²) in [5, 5.41) is 10.7. The first-order chi connectivity index (χ1) is 12.1. The fraction of sp³-hybridized carbons (Fsp3) is 0.474. The maximum Gasteiger partial charge on any atom is 0.271 e. The molecule has 2 aromatic rings. The van der Waals surface area contributed by atoms with Gasteiger partial charge < -0.3 is 15.4 Å². The molecule has 142 valence electrons. The number of aromatic nitrogens is 2. The van der Waals surface area contributed by atoms with E-state index in [1.54, 1.807) is 6.07 Å². The Morgan fingerprint density at radius 2 is 2.15 bits per heavy atom. The zero-order valence-electron chi connectivity index (χ0n) is 15.3. The van der Waals surface area contributed by atoms with Crippen LogP contribution in [0.15, 0.2) is 36.5 Å². The highest BCUT2D eigenvalue weighted by Gasteiger charge is 2.18. The molecule has 1 amide bonds. The van der Waals surface area contributed by atoms with Gasteiger partial charge in [0.05, 0.1) is 12.6 Å². The molecule has 0 bridgehead atoms. The van der Waals surface area contributed by atoms with E-state index < -0.39 is 0 Å². The average molecular weight is 379 g/mol. The summed E-state index contributed by atoms with van der Waals surface area (Å²) >= 11 is 0. The van der Waals surface area contributed by atoms with Gasteiger partial charge in [-0.3, -0.25) is 9.48 Å². The minimum atomic E-state index is -0.165. The Morgan fingerprint density at radius 3 is 2.85 bits per heavy atom. The number of ether oxygens (including phenoxy) is 1. The maximum atomic E-state index is 12.3. The van der Waals surface area contributed by atoms with Crippen molar-refractivity contribution >= 4 is 18.3 Å². The van der Waals surface area contributed by atoms with Gasteiger partial charge in [0, 0.05) is 12.7 Å². The summed E-state index contributed by atoms with van der Waals surface area (Å²) in [4.78, 5) is 12.3. The number of benzene rings is 1. The summed E-state index contributed by atoms with van der Waals surface area (Å²) < 4.78 is 7.70. The summed E-state index contributed by atoms with van der Waals surface area (Å²) in [5.41, 5.74) is 1.64. The Bertz CT molecular complexity index is 696. The van der Waals surface area contributed by atoms with Crippen molar-refractivity contribution in [2.45, 2.75) is 38.8 Å². The number of carbonyl (C=O) groups is 1. The van der Waals surface area contributed by atoms with E-state index in [4.69, 9.17) is 4.74 Å². The fourth-order valence-corrected chi connectivity index (χ4v) is 2.94. The number of rotatable bonds is 6. The van der Waals surface area contributed by atoms with Gasteiger partial charge in [-0.2, -0.15) is 5.10 Å². The smallest absolute Gasteiger partial charge is 0.271 e. The molecular weight excluding hydrogens is 352 g/mol. The second-order valence-corrected chi connectivity index (χ2v) is 6.63. The van der Waals surface area contributed by atoms with Crippen molar-refractivity contribution < 1.29 is 9.53 Å². The van der Waals surface area contributed by atoms with Crippen LogP contribution in [0.2, 0.25) is 0 Å². The van der Waals surface area contributed by atoms with Crippen LogP contribution in [0.1, 0.15) is 41.9 Å². The number of amides is 1. The highest BCUT2D eigenvalue weighted by atomic mass is 35.5. The van der Waals surface area contributed by atoms with Crippen molar-refractivity contribution in [3.05, 3.63) is 47.8 Å². The highest BCUT2D eigenvalue weighted by molar-refractivity contribution is 5.92. The molecule has 1 saturated heterocycles. The van der Waals surface area contributed by atoms with Crippen molar-refractivity contribution in [3.8, 4) is 5.75 Å². The van der Waals surface area contributed by atoms with E-state index in [9.17, 15) is 4.79 Å². The molecule has 0 spiro atoms. The lowest BCUT2D eigenvalue weighted by molar-refractivity contribution is 0.0926. The summed E-state index contributed by atoms with van der Waals surface area (Å²) in [5.74, 6) is 0.642. The van der Waals surface area contributed by atoms with Crippen LogP contribution >= 0.6 is 12.4 Å². The van der Waals surface area contributed by atoms with Gasteiger partial charge in [0.1, 0.15) is 17.5 Å². The van der Waals surface area contributed by atoms with Gasteiger partial charge in [-0.1, -0.05) is 17.7 Å². The molecular formula is C19H27ClN4O2. The third-order valence-electron chi connectivity index (χ3n) is 4.39. The third kappa shape index (κ3) is 5.47. The van der Waals surface area contributed by atoms with Gasteiger partial charge in [0.25, 0.3) is 5.91 Å². The van der Waals surface area contributed by atoms with E-state index in [-0.39, 0.29) is 24.4 Å². The van der Waals surface area contributed by atoms with Gasteiger partial charge in [0.2, 0.25) is 0 Å². The molecule has 2 unspecified atom stereocenters. The van der Waals surface area contributed by atoms with Gasteiger partial charge in [0.15, 0.2) is 0 Å². The van der Waals surface area contributed by atoms with Crippen LogP contribution in [0.4, 0.5) is 0 Å². The van der Waals surface area contributed by atoms with Crippen LogP contribution in [0.25, 0.3) is 0 Å². The Kier molecular flexibility index (Phi) is 7.48. The van der Waals surface area contributed by atoms with E-state index in [1.807, 2.05) is 49.0 Å². The van der Waals surface area contributed by atoms with Gasteiger partial charge in [-0.05, 0) is 51.4 Å². The number of carbonyl (C=O) groups excluding carboxylic acids is 1. The number of hydrogen-bond acceptors (Lipinski definition) is 4. The molecule has 2 N–H and O–H groups in total. The van der Waals surface area contributed by atoms with Crippen LogP contribution in [0.5, 0.6) is 5.75 Å². The fourth-order valence-electron chi connectivity index (χ4n) is 2.94. The van der Waals surface area contributed by atoms with Crippen LogP contribution < -0.4 is 15.4 Å². The van der Waals surface area contributed by atoms with Crippen molar-refractivity contribution in [2.75, 3.05) is 19.6 Å². The molecule has 1 aliphatic heterocycles. The zero-order valence-corrected chi connectivity index (χ0v) is 16.1. The molecule has 2 heterocycles. The van der Waals surface area contributed by atoms with Crippen molar-refractivity contribution in [1.29, 1.82) is 0 Å². The lowest BCUT2D eigenvalue weighted by atomic mass is 10.1. The Morgan fingerprint density at radius 1 is 1.38 bits per heavy atom. The second kappa shape index (κ2) is 9.59. The first kappa shape index (κ1) is 20.3. The predicted molar refractivity (Wildman–Crippen MR) is 104 cm³/mol. The van der Waals surface area contributed by atoms with Gasteiger partial charge in [-0.25, -0.2) is 0 Å². The minimum Gasteiger partial charge on any atom is -0.489 e. The van der Waals surface area contributed by atoms with Gasteiger partial charge >= 0.3 is 0 Å². The van der Waals surface area contributed by atoms with Crippen molar-refractivity contribution in [1.82, 2.24) is 20.4 Å². The second-order valence-electron chi connectivity index (χ2n) is 6.63. The van der Waals surface area contributed by atoms with Crippen LogP contribution in [0, 0.1) is 6.92 Å². The first-order valence-electron chi connectivity index (χ1n) is 8.89. The zero-order chi connectivity index (χ0) is 17.6. The molecule has 1 fully saturated rings. The van der Waals surface area contributed by atoms with E-state index in [2.05, 4.69) is 15.7 Å². The molecule has 6 nitrogen and oxygen atoms in total. The largest absolute Gasteiger partial charge is 0.489 e. The molecule has 7 heteroatoms. The van der Waals surface area contributed by atoms with Crippen molar-refractivity contribution in [3.63, 3.8) is 0 Å². The third-order valence-corrected chi connectivity index (χ3v) is 4.39. The summed E-state index contributed by atoms with van der Waals surface area (Å²) in [7, 11) is 0. The number of piperidine rings is 1. The molecule has 0 aliphatic carbocycles. The number of aryl methyl sites for hydroxylation is 1. The molecule has 26 heavy (non-hydrogen) atoms. The molecule has 0 saturated carbocycles.